The summed E-state index contributed by atoms with van der Waals surface area (Å²) >= 11 is 8.50. The van der Waals surface area contributed by atoms with Crippen LogP contribution in [0.4, 0.5) is 4.79 Å². The fraction of sp³-hybridized carbons (Fsp3) is 0.517. The van der Waals surface area contributed by atoms with Crippen LogP contribution in [0.2, 0.25) is 5.02 Å². The number of rotatable bonds is 3. The lowest BCUT2D eigenvalue weighted by molar-refractivity contribution is 0.0962. The number of thiophene rings is 1. The third kappa shape index (κ3) is 3.59. The highest BCUT2D eigenvalue weighted by Gasteiger charge is 2.52. The average Bonchev–Trinajstić information content (AvgIpc) is 3.74. The van der Waals surface area contributed by atoms with Gasteiger partial charge in [-0.3, -0.25) is 9.56 Å². The van der Waals surface area contributed by atoms with E-state index in [4.69, 9.17) is 21.3 Å². The minimum absolute atomic E-state index is 0.174. The highest BCUT2D eigenvalue weighted by atomic mass is 35.5. The van der Waals surface area contributed by atoms with Crippen molar-refractivity contribution in [2.75, 3.05) is 0 Å². The second-order valence-electron chi connectivity index (χ2n) is 11.9. The summed E-state index contributed by atoms with van der Waals surface area (Å²) in [6, 6.07) is 8.18. The SMILES string of the molecule is Cc1nnc2n1-c1sc3c(c1C(c1ccccc1Cl)=NC21CC1)C[C@H](OC(=O)NC1CCC2(CC1)CC2)C3. The number of hydrogen-bond acceptors (Lipinski definition) is 6. The smallest absolute Gasteiger partial charge is 0.407 e. The number of aromatic nitrogens is 3. The largest absolute Gasteiger partial charge is 0.446 e. The molecule has 5 aliphatic rings. The van der Waals surface area contributed by atoms with Crippen LogP contribution in [0.3, 0.4) is 0 Å². The molecule has 38 heavy (non-hydrogen) atoms. The summed E-state index contributed by atoms with van der Waals surface area (Å²) in [6.07, 6.45) is 10.2. The number of fused-ring (bicyclic) bond motifs is 6. The van der Waals surface area contributed by atoms with Crippen LogP contribution in [0.25, 0.3) is 5.00 Å². The maximum absolute atomic E-state index is 12.9. The van der Waals surface area contributed by atoms with E-state index in [0.29, 0.717) is 23.3 Å². The Kier molecular flexibility index (Phi) is 4.98. The number of carbonyl (C=O) groups excluding carboxylic acids is 1. The summed E-state index contributed by atoms with van der Waals surface area (Å²) < 4.78 is 8.21. The predicted octanol–water partition coefficient (Wildman–Crippen LogP) is 6.05. The van der Waals surface area contributed by atoms with Gasteiger partial charge in [-0.25, -0.2) is 4.79 Å². The molecule has 2 aromatic heterocycles. The minimum Gasteiger partial charge on any atom is -0.446 e. The Hall–Kier alpha value is -2.71. The number of aryl methyl sites for hydroxylation is 1. The first-order chi connectivity index (χ1) is 18.4. The Labute approximate surface area is 230 Å². The van der Waals surface area contributed by atoms with Gasteiger partial charge in [0.15, 0.2) is 5.82 Å². The Balaban J connectivity index is 1.11. The van der Waals surface area contributed by atoms with Gasteiger partial charge in [0.05, 0.1) is 5.71 Å². The van der Waals surface area contributed by atoms with E-state index in [1.807, 2.05) is 25.1 Å². The van der Waals surface area contributed by atoms with Gasteiger partial charge in [-0.05, 0) is 75.3 Å². The second kappa shape index (κ2) is 8.15. The van der Waals surface area contributed by atoms with E-state index in [1.54, 1.807) is 11.3 Å². The number of ether oxygens (including phenoxy) is 1. The predicted molar refractivity (Wildman–Crippen MR) is 147 cm³/mol. The van der Waals surface area contributed by atoms with Gasteiger partial charge in [0.1, 0.15) is 22.5 Å². The molecule has 3 aromatic rings. The first kappa shape index (κ1) is 23.2. The number of benzene rings is 1. The quantitative estimate of drug-likeness (QED) is 0.433. The normalized spacial score (nSPS) is 23.8. The number of nitrogens with one attached hydrogen (secondary N) is 1. The molecule has 3 fully saturated rings. The first-order valence-electron chi connectivity index (χ1n) is 13.8. The standard InChI is InChI=1S/C29H30ClN5O2S/c1-16-33-34-26-29(12-13-29)32-24(19-4-2-3-5-21(19)30)23-20-14-18(15-22(20)38-25(23)35(16)26)37-27(36)31-17-6-8-28(9-7-17)10-11-28/h2-5,17-18H,6-15H2,1H3,(H,31,36)/t18-/m0/s1. The topological polar surface area (TPSA) is 81.4 Å². The van der Waals surface area contributed by atoms with E-state index in [0.717, 1.165) is 59.2 Å². The number of hydrogen-bond donors (Lipinski definition) is 1. The summed E-state index contributed by atoms with van der Waals surface area (Å²) in [6.45, 7) is 2.01. The minimum atomic E-state index is -0.352. The molecule has 1 atom stereocenters. The lowest BCUT2D eigenvalue weighted by Gasteiger charge is -2.29. The van der Waals surface area contributed by atoms with Crippen LogP contribution in [0, 0.1) is 12.3 Å². The Bertz CT molecular complexity index is 1500. The van der Waals surface area contributed by atoms with Crippen molar-refractivity contribution in [1.29, 1.82) is 0 Å². The van der Waals surface area contributed by atoms with E-state index in [-0.39, 0.29) is 23.8 Å². The van der Waals surface area contributed by atoms with Crippen LogP contribution < -0.4 is 5.32 Å². The van der Waals surface area contributed by atoms with E-state index in [9.17, 15) is 4.79 Å². The summed E-state index contributed by atoms with van der Waals surface area (Å²) in [4.78, 5) is 19.5. The van der Waals surface area contributed by atoms with E-state index < -0.39 is 0 Å². The van der Waals surface area contributed by atoms with Gasteiger partial charge in [0.25, 0.3) is 0 Å². The van der Waals surface area contributed by atoms with Crippen molar-refractivity contribution in [3.05, 3.63) is 62.5 Å². The van der Waals surface area contributed by atoms with Gasteiger partial charge in [0.2, 0.25) is 0 Å². The molecule has 9 heteroatoms. The zero-order valence-corrected chi connectivity index (χ0v) is 23.0. The lowest BCUT2D eigenvalue weighted by atomic mass is 9.83. The zero-order valence-electron chi connectivity index (χ0n) is 21.4. The molecule has 2 spiro atoms. The Morgan fingerprint density at radius 3 is 2.63 bits per heavy atom. The fourth-order valence-corrected chi connectivity index (χ4v) is 8.47. The number of amides is 1. The molecular weight excluding hydrogens is 518 g/mol. The maximum atomic E-state index is 12.9. The van der Waals surface area contributed by atoms with Gasteiger partial charge in [-0.2, -0.15) is 0 Å². The van der Waals surface area contributed by atoms with Crippen molar-refractivity contribution < 1.29 is 9.53 Å². The van der Waals surface area contributed by atoms with Crippen LogP contribution in [-0.4, -0.2) is 38.7 Å². The molecule has 0 radical (unpaired) electrons. The number of carbonyl (C=O) groups is 1. The third-order valence-electron chi connectivity index (χ3n) is 9.38. The van der Waals surface area contributed by atoms with Crippen molar-refractivity contribution in [1.82, 2.24) is 20.1 Å². The van der Waals surface area contributed by atoms with Gasteiger partial charge >= 0.3 is 6.09 Å². The number of halogens is 1. The summed E-state index contributed by atoms with van der Waals surface area (Å²) in [5, 5.41) is 14.0. The molecule has 1 amide bonds. The van der Waals surface area contributed by atoms with Crippen LogP contribution in [0.1, 0.15) is 84.6 Å². The summed E-state index contributed by atoms with van der Waals surface area (Å²) in [5.41, 5.74) is 4.43. The summed E-state index contributed by atoms with van der Waals surface area (Å²) in [7, 11) is 0. The number of aliphatic imine (C=N–C) groups is 1. The lowest BCUT2D eigenvalue weighted by Crippen LogP contribution is -2.40. The van der Waals surface area contributed by atoms with Crippen molar-refractivity contribution in [2.24, 2.45) is 10.4 Å². The fourth-order valence-electron chi connectivity index (χ4n) is 6.80. The van der Waals surface area contributed by atoms with Crippen molar-refractivity contribution in [2.45, 2.75) is 88.8 Å². The number of nitrogens with zero attached hydrogens (tertiary/aromatic N) is 4. The third-order valence-corrected chi connectivity index (χ3v) is 10.9. The molecule has 0 unspecified atom stereocenters. The molecule has 1 aliphatic heterocycles. The molecule has 0 bridgehead atoms. The van der Waals surface area contributed by atoms with Crippen LogP contribution in [0.15, 0.2) is 29.3 Å². The molecule has 1 N–H and O–H groups in total. The maximum Gasteiger partial charge on any atom is 0.407 e. The van der Waals surface area contributed by atoms with Crippen LogP contribution in [0.5, 0.6) is 0 Å². The molecule has 4 aliphatic carbocycles. The molecule has 1 aromatic carbocycles. The molecule has 3 heterocycles. The molecule has 196 valence electrons. The van der Waals surface area contributed by atoms with E-state index in [2.05, 4.69) is 26.1 Å². The highest BCUT2D eigenvalue weighted by Crippen LogP contribution is 2.56. The Morgan fingerprint density at radius 1 is 1.11 bits per heavy atom. The monoisotopic (exact) mass is 547 g/mol. The van der Waals surface area contributed by atoms with Gasteiger partial charge in [-0.1, -0.05) is 29.8 Å². The molecule has 0 saturated heterocycles. The average molecular weight is 548 g/mol. The molecule has 8 rings (SSSR count). The first-order valence-corrected chi connectivity index (χ1v) is 15.0. The van der Waals surface area contributed by atoms with Crippen LogP contribution in [-0.2, 0) is 23.1 Å². The van der Waals surface area contributed by atoms with Crippen molar-refractivity contribution in [3.63, 3.8) is 0 Å². The van der Waals surface area contributed by atoms with Gasteiger partial charge in [-0.15, -0.1) is 21.5 Å². The molecule has 7 nitrogen and oxygen atoms in total. The molecular formula is C29H30ClN5O2S. The van der Waals surface area contributed by atoms with Gasteiger partial charge < -0.3 is 10.1 Å². The highest BCUT2D eigenvalue weighted by molar-refractivity contribution is 7.15. The second-order valence-corrected chi connectivity index (χ2v) is 13.4. The van der Waals surface area contributed by atoms with Crippen molar-refractivity contribution >= 4 is 34.7 Å². The Morgan fingerprint density at radius 2 is 1.89 bits per heavy atom. The van der Waals surface area contributed by atoms with Crippen molar-refractivity contribution in [3.8, 4) is 5.00 Å². The van der Waals surface area contributed by atoms with E-state index in [1.165, 1.54) is 36.1 Å². The van der Waals surface area contributed by atoms with Crippen LogP contribution >= 0.6 is 22.9 Å². The zero-order chi connectivity index (χ0) is 25.6. The molecule has 3 saturated carbocycles. The van der Waals surface area contributed by atoms with Gasteiger partial charge in [0, 0.05) is 39.9 Å². The van der Waals surface area contributed by atoms with E-state index >= 15 is 0 Å². The summed E-state index contributed by atoms with van der Waals surface area (Å²) in [5.74, 6) is 1.79. The number of alkyl carbamates (subject to hydrolysis) is 1.